The molecule has 1 amide bonds. The Morgan fingerprint density at radius 3 is 2.76 bits per heavy atom. The van der Waals surface area contributed by atoms with Gasteiger partial charge in [-0.05, 0) is 31.8 Å². The maximum atomic E-state index is 12.5. The van der Waals surface area contributed by atoms with Gasteiger partial charge in [-0.15, -0.1) is 11.3 Å². The molecule has 0 spiro atoms. The second-order valence-corrected chi connectivity index (χ2v) is 6.77. The standard InChI is InChI=1S/C14H17N5OS/c15-10-11-14(17-4-3-16-11)21-12(10)13(20)18-9-7-19-5-1-8(9)2-6-19/h3-4,8-9H,1-2,5-7,15H2,(H,18,20). The van der Waals surface area contributed by atoms with Gasteiger partial charge in [0.1, 0.15) is 15.2 Å². The van der Waals surface area contributed by atoms with Gasteiger partial charge in [0.25, 0.3) is 5.91 Å². The zero-order valence-electron chi connectivity index (χ0n) is 11.6. The van der Waals surface area contributed by atoms with Gasteiger partial charge in [0.05, 0.1) is 5.69 Å². The van der Waals surface area contributed by atoms with Crippen LogP contribution in [0.4, 0.5) is 5.69 Å². The average Bonchev–Trinajstić information content (AvgIpc) is 2.86. The molecule has 2 bridgehead atoms. The van der Waals surface area contributed by atoms with Crippen molar-refractivity contribution in [3.63, 3.8) is 0 Å². The number of nitrogens with zero attached hydrogens (tertiary/aromatic N) is 3. The van der Waals surface area contributed by atoms with Crippen LogP contribution in [0.1, 0.15) is 22.5 Å². The minimum atomic E-state index is -0.0870. The molecular weight excluding hydrogens is 286 g/mol. The molecular formula is C14H17N5OS. The molecule has 6 nitrogen and oxygen atoms in total. The van der Waals surface area contributed by atoms with Gasteiger partial charge in [-0.2, -0.15) is 0 Å². The molecule has 5 rings (SSSR count). The van der Waals surface area contributed by atoms with Crippen molar-refractivity contribution in [3.05, 3.63) is 17.3 Å². The van der Waals surface area contributed by atoms with Crippen LogP contribution >= 0.6 is 11.3 Å². The van der Waals surface area contributed by atoms with Crippen molar-refractivity contribution < 1.29 is 4.79 Å². The number of thiophene rings is 1. The van der Waals surface area contributed by atoms with Crippen LogP contribution in [0, 0.1) is 5.92 Å². The van der Waals surface area contributed by atoms with Crippen LogP contribution in [0.3, 0.4) is 0 Å². The lowest BCUT2D eigenvalue weighted by Gasteiger charge is -2.44. The molecule has 3 aliphatic heterocycles. The third kappa shape index (κ3) is 2.16. The number of nitrogens with two attached hydrogens (primary N) is 1. The lowest BCUT2D eigenvalue weighted by atomic mass is 9.84. The van der Waals surface area contributed by atoms with E-state index in [1.165, 1.54) is 24.2 Å². The van der Waals surface area contributed by atoms with Crippen LogP contribution in [0.25, 0.3) is 10.3 Å². The molecule has 1 unspecified atom stereocenters. The normalized spacial score (nSPS) is 27.9. The van der Waals surface area contributed by atoms with Gasteiger partial charge in [0.15, 0.2) is 0 Å². The first-order valence-electron chi connectivity index (χ1n) is 7.24. The topological polar surface area (TPSA) is 84.1 Å². The molecule has 3 fully saturated rings. The summed E-state index contributed by atoms with van der Waals surface area (Å²) in [6.45, 7) is 3.28. The van der Waals surface area contributed by atoms with E-state index in [2.05, 4.69) is 20.2 Å². The summed E-state index contributed by atoms with van der Waals surface area (Å²) in [5, 5.41) is 3.16. The number of hydrogen-bond donors (Lipinski definition) is 2. The molecule has 2 aromatic heterocycles. The molecule has 110 valence electrons. The smallest absolute Gasteiger partial charge is 0.263 e. The molecule has 5 heterocycles. The number of piperidine rings is 3. The number of fused-ring (bicyclic) bond motifs is 4. The molecule has 1 atom stereocenters. The summed E-state index contributed by atoms with van der Waals surface area (Å²) in [5.74, 6) is 0.516. The number of nitrogens with one attached hydrogen (secondary N) is 1. The summed E-state index contributed by atoms with van der Waals surface area (Å²) in [6, 6.07) is 0.241. The zero-order chi connectivity index (χ0) is 14.4. The number of aromatic nitrogens is 2. The summed E-state index contributed by atoms with van der Waals surface area (Å²) in [7, 11) is 0. The van der Waals surface area contributed by atoms with Crippen LogP contribution in [-0.2, 0) is 0 Å². The first kappa shape index (κ1) is 13.0. The third-order valence-corrected chi connectivity index (χ3v) is 5.64. The van der Waals surface area contributed by atoms with Gasteiger partial charge in [-0.3, -0.25) is 4.79 Å². The molecule has 3 saturated heterocycles. The van der Waals surface area contributed by atoms with Gasteiger partial charge in [-0.1, -0.05) is 0 Å². The predicted octanol–water partition coefficient (Wildman–Crippen LogP) is 1.10. The zero-order valence-corrected chi connectivity index (χ0v) is 12.4. The number of nitrogen functional groups attached to an aromatic ring is 1. The molecule has 0 aliphatic carbocycles. The maximum absolute atomic E-state index is 12.5. The van der Waals surface area contributed by atoms with Crippen molar-refractivity contribution in [1.82, 2.24) is 20.2 Å². The number of anilines is 1. The maximum Gasteiger partial charge on any atom is 0.263 e. The minimum Gasteiger partial charge on any atom is -0.396 e. The molecule has 3 aliphatic rings. The van der Waals surface area contributed by atoms with Gasteiger partial charge in [-0.25, -0.2) is 9.97 Å². The third-order valence-electron chi connectivity index (χ3n) is 4.54. The summed E-state index contributed by atoms with van der Waals surface area (Å²) < 4.78 is 0. The van der Waals surface area contributed by atoms with Crippen LogP contribution in [-0.4, -0.2) is 46.5 Å². The largest absolute Gasteiger partial charge is 0.396 e. The van der Waals surface area contributed by atoms with Crippen LogP contribution < -0.4 is 11.1 Å². The molecule has 21 heavy (non-hydrogen) atoms. The van der Waals surface area contributed by atoms with Gasteiger partial charge in [0, 0.05) is 25.0 Å². The molecule has 0 aromatic carbocycles. The minimum absolute atomic E-state index is 0.0870. The van der Waals surface area contributed by atoms with Gasteiger partial charge in [0.2, 0.25) is 0 Å². The number of hydrogen-bond acceptors (Lipinski definition) is 6. The molecule has 2 aromatic rings. The van der Waals surface area contributed by atoms with Crippen LogP contribution in [0.15, 0.2) is 12.4 Å². The van der Waals surface area contributed by atoms with E-state index in [9.17, 15) is 4.79 Å². The van der Waals surface area contributed by atoms with Gasteiger partial charge >= 0.3 is 0 Å². The number of carbonyl (C=O) groups excluding carboxylic acids is 1. The molecule has 0 saturated carbocycles. The van der Waals surface area contributed by atoms with Crippen LogP contribution in [0.5, 0.6) is 0 Å². The van der Waals surface area contributed by atoms with E-state index in [1.54, 1.807) is 12.4 Å². The Kier molecular flexibility index (Phi) is 3.04. The Labute approximate surface area is 126 Å². The van der Waals surface area contributed by atoms with Crippen molar-refractivity contribution in [3.8, 4) is 0 Å². The second kappa shape index (κ2) is 4.92. The Morgan fingerprint density at radius 1 is 1.33 bits per heavy atom. The summed E-state index contributed by atoms with van der Waals surface area (Å²) in [4.78, 5) is 24.6. The number of amides is 1. The Morgan fingerprint density at radius 2 is 2.10 bits per heavy atom. The lowest BCUT2D eigenvalue weighted by Crippen LogP contribution is -2.57. The Hall–Kier alpha value is -1.73. The monoisotopic (exact) mass is 303 g/mol. The highest BCUT2D eigenvalue weighted by molar-refractivity contribution is 7.21. The highest BCUT2D eigenvalue weighted by Crippen LogP contribution is 2.32. The summed E-state index contributed by atoms with van der Waals surface area (Å²) >= 11 is 1.32. The SMILES string of the molecule is Nc1c(C(=O)NC2CN3CCC2CC3)sc2nccnc12. The highest BCUT2D eigenvalue weighted by atomic mass is 32.1. The molecule has 3 N–H and O–H groups in total. The lowest BCUT2D eigenvalue weighted by molar-refractivity contribution is 0.0623. The van der Waals surface area contributed by atoms with E-state index >= 15 is 0 Å². The predicted molar refractivity (Wildman–Crippen MR) is 82.2 cm³/mol. The van der Waals surface area contributed by atoms with E-state index in [1.807, 2.05) is 0 Å². The quantitative estimate of drug-likeness (QED) is 0.868. The molecule has 0 radical (unpaired) electrons. The van der Waals surface area contributed by atoms with E-state index in [-0.39, 0.29) is 11.9 Å². The van der Waals surface area contributed by atoms with E-state index in [0.717, 1.165) is 19.6 Å². The number of carbonyl (C=O) groups is 1. The fourth-order valence-electron chi connectivity index (χ4n) is 3.38. The first-order valence-corrected chi connectivity index (χ1v) is 8.06. The van der Waals surface area contributed by atoms with Crippen molar-refractivity contribution in [2.45, 2.75) is 18.9 Å². The highest BCUT2D eigenvalue weighted by Gasteiger charge is 2.35. The van der Waals surface area contributed by atoms with Crippen LogP contribution in [0.2, 0.25) is 0 Å². The molecule has 7 heteroatoms. The first-order chi connectivity index (χ1) is 10.2. The fraction of sp³-hybridized carbons (Fsp3) is 0.500. The average molecular weight is 303 g/mol. The fourth-order valence-corrected chi connectivity index (χ4v) is 4.30. The van der Waals surface area contributed by atoms with Crippen molar-refractivity contribution in [1.29, 1.82) is 0 Å². The van der Waals surface area contributed by atoms with E-state index in [0.29, 0.717) is 26.8 Å². The summed E-state index contributed by atoms with van der Waals surface area (Å²) in [6.07, 6.45) is 5.57. The summed E-state index contributed by atoms with van der Waals surface area (Å²) in [5.41, 5.74) is 7.13. The van der Waals surface area contributed by atoms with Crippen molar-refractivity contribution >= 4 is 33.3 Å². The number of rotatable bonds is 2. The Bertz CT molecular complexity index is 692. The Balaban J connectivity index is 1.58. The van der Waals surface area contributed by atoms with E-state index in [4.69, 9.17) is 5.73 Å². The van der Waals surface area contributed by atoms with E-state index < -0.39 is 0 Å². The van der Waals surface area contributed by atoms with Crippen molar-refractivity contribution in [2.24, 2.45) is 5.92 Å². The van der Waals surface area contributed by atoms with Crippen molar-refractivity contribution in [2.75, 3.05) is 25.4 Å². The second-order valence-electron chi connectivity index (χ2n) is 5.77. The van der Waals surface area contributed by atoms with Gasteiger partial charge < -0.3 is 16.0 Å².